The zero-order valence-corrected chi connectivity index (χ0v) is 15.9. The number of likely N-dealkylation sites (tertiary alicyclic amines) is 1. The molecule has 1 N–H and O–H groups in total. The number of amides is 1. The van der Waals surface area contributed by atoms with Gasteiger partial charge in [0.25, 0.3) is 5.91 Å². The maximum atomic E-state index is 13.3. The van der Waals surface area contributed by atoms with Crippen molar-refractivity contribution < 1.29 is 14.7 Å². The van der Waals surface area contributed by atoms with Gasteiger partial charge in [-0.15, -0.1) is 11.3 Å². The molecule has 1 unspecified atom stereocenters. The third-order valence-corrected chi connectivity index (χ3v) is 5.75. The number of fused-ring (bicyclic) bond motifs is 1. The van der Waals surface area contributed by atoms with E-state index >= 15 is 0 Å². The fourth-order valence-electron chi connectivity index (χ4n) is 3.54. The number of rotatable bonds is 4. The largest absolute Gasteiger partial charge is 0.480 e. The molecular weight excluding hydrogens is 364 g/mol. The lowest BCUT2D eigenvalue weighted by molar-refractivity contribution is -0.141. The van der Waals surface area contributed by atoms with E-state index in [0.717, 1.165) is 4.88 Å². The summed E-state index contributed by atoms with van der Waals surface area (Å²) in [7, 11) is 0. The van der Waals surface area contributed by atoms with Crippen LogP contribution < -0.4 is 0 Å². The highest BCUT2D eigenvalue weighted by molar-refractivity contribution is 7.13. The number of pyridine rings is 1. The predicted octanol–water partition coefficient (Wildman–Crippen LogP) is 3.43. The van der Waals surface area contributed by atoms with Crippen molar-refractivity contribution in [1.29, 1.82) is 0 Å². The Bertz CT molecular complexity index is 1010. The van der Waals surface area contributed by atoms with Gasteiger partial charge in [0, 0.05) is 12.6 Å². The van der Waals surface area contributed by atoms with Gasteiger partial charge in [-0.2, -0.15) is 5.10 Å². The van der Waals surface area contributed by atoms with E-state index < -0.39 is 12.0 Å². The molecule has 3 aromatic heterocycles. The third kappa shape index (κ3) is 2.99. The summed E-state index contributed by atoms with van der Waals surface area (Å²) >= 11 is 1.55. The normalized spacial score (nSPS) is 17.1. The Hall–Kier alpha value is -2.74. The van der Waals surface area contributed by atoms with Gasteiger partial charge in [-0.1, -0.05) is 6.07 Å². The molecule has 1 aliphatic rings. The highest BCUT2D eigenvalue weighted by atomic mass is 32.1. The molecule has 0 aromatic carbocycles. The number of carboxylic acids is 1. The Morgan fingerprint density at radius 2 is 2.19 bits per heavy atom. The maximum Gasteiger partial charge on any atom is 0.326 e. The van der Waals surface area contributed by atoms with Gasteiger partial charge in [0.15, 0.2) is 5.65 Å². The van der Waals surface area contributed by atoms with Crippen LogP contribution in [0, 0.1) is 0 Å². The highest BCUT2D eigenvalue weighted by Crippen LogP contribution is 2.31. The lowest BCUT2D eigenvalue weighted by Gasteiger charge is -2.22. The molecule has 1 atom stereocenters. The Labute approximate surface area is 160 Å². The average Bonchev–Trinajstić information content (AvgIpc) is 3.39. The Morgan fingerprint density at radius 1 is 1.37 bits per heavy atom. The number of aromatic nitrogens is 3. The second-order valence-electron chi connectivity index (χ2n) is 6.95. The van der Waals surface area contributed by atoms with Crippen LogP contribution in [-0.4, -0.2) is 49.2 Å². The molecule has 27 heavy (non-hydrogen) atoms. The van der Waals surface area contributed by atoms with Gasteiger partial charge >= 0.3 is 5.97 Å². The van der Waals surface area contributed by atoms with Crippen LogP contribution in [0.3, 0.4) is 0 Å². The third-order valence-electron chi connectivity index (χ3n) is 4.86. The van der Waals surface area contributed by atoms with E-state index in [4.69, 9.17) is 4.98 Å². The van der Waals surface area contributed by atoms with E-state index in [0.29, 0.717) is 41.7 Å². The summed E-state index contributed by atoms with van der Waals surface area (Å²) in [5.74, 6) is -1.23. The summed E-state index contributed by atoms with van der Waals surface area (Å²) in [5.41, 5.74) is 1.81. The number of carbonyl (C=O) groups excluding carboxylic acids is 1. The van der Waals surface area contributed by atoms with E-state index in [1.54, 1.807) is 28.3 Å². The Balaban J connectivity index is 1.88. The smallest absolute Gasteiger partial charge is 0.326 e. The SMILES string of the molecule is CC(C)n1ncc2c(C(=O)N3CCCC3C(=O)O)cc(-c3cccs3)nc21. The van der Waals surface area contributed by atoms with Crippen LogP contribution in [-0.2, 0) is 4.79 Å². The van der Waals surface area contributed by atoms with Gasteiger partial charge in [0.1, 0.15) is 6.04 Å². The van der Waals surface area contributed by atoms with E-state index in [1.807, 2.05) is 31.4 Å². The van der Waals surface area contributed by atoms with Crippen LogP contribution in [0.25, 0.3) is 21.6 Å². The van der Waals surface area contributed by atoms with Crippen LogP contribution in [0.1, 0.15) is 43.1 Å². The lowest BCUT2D eigenvalue weighted by atomic mass is 10.1. The zero-order chi connectivity index (χ0) is 19.1. The quantitative estimate of drug-likeness (QED) is 0.744. The molecule has 1 aliphatic heterocycles. The molecule has 1 amide bonds. The maximum absolute atomic E-state index is 13.3. The molecule has 0 radical (unpaired) electrons. The molecule has 140 valence electrons. The molecule has 4 rings (SSSR count). The first-order chi connectivity index (χ1) is 13.0. The van der Waals surface area contributed by atoms with E-state index in [1.165, 1.54) is 4.90 Å². The second kappa shape index (κ2) is 6.77. The monoisotopic (exact) mass is 384 g/mol. The van der Waals surface area contributed by atoms with Crippen molar-refractivity contribution in [2.75, 3.05) is 6.54 Å². The number of carboxylic acid groups (broad SMARTS) is 1. The molecule has 3 aromatic rings. The minimum atomic E-state index is -0.956. The first-order valence-corrected chi connectivity index (χ1v) is 9.81. The molecule has 0 spiro atoms. The van der Waals surface area contributed by atoms with E-state index in [-0.39, 0.29) is 11.9 Å². The van der Waals surface area contributed by atoms with Gasteiger partial charge in [-0.05, 0) is 44.2 Å². The highest BCUT2D eigenvalue weighted by Gasteiger charge is 2.35. The van der Waals surface area contributed by atoms with Crippen molar-refractivity contribution >= 4 is 34.2 Å². The number of hydrogen-bond acceptors (Lipinski definition) is 5. The Morgan fingerprint density at radius 3 is 2.85 bits per heavy atom. The first kappa shape index (κ1) is 17.7. The number of nitrogens with zero attached hydrogens (tertiary/aromatic N) is 4. The fourth-order valence-corrected chi connectivity index (χ4v) is 4.23. The molecule has 1 saturated heterocycles. The van der Waals surface area contributed by atoms with Crippen molar-refractivity contribution in [1.82, 2.24) is 19.7 Å². The number of carbonyl (C=O) groups is 2. The number of thiophene rings is 1. The van der Waals surface area contributed by atoms with Gasteiger partial charge in [0.05, 0.1) is 27.7 Å². The van der Waals surface area contributed by atoms with Crippen molar-refractivity contribution in [2.45, 2.75) is 38.8 Å². The molecule has 7 nitrogen and oxygen atoms in total. The molecule has 8 heteroatoms. The number of hydrogen-bond donors (Lipinski definition) is 1. The molecular formula is C19H20N4O3S. The predicted molar refractivity (Wildman–Crippen MR) is 103 cm³/mol. The van der Waals surface area contributed by atoms with Gasteiger partial charge in [0.2, 0.25) is 0 Å². The Kier molecular flexibility index (Phi) is 4.43. The average molecular weight is 384 g/mol. The standard InChI is InChI=1S/C19H20N4O3S/c1-11(2)23-17-13(10-20-23)12(9-14(21-17)16-6-4-8-27-16)18(24)22-7-3-5-15(22)19(25)26/h4,6,8-11,15H,3,5,7H2,1-2H3,(H,25,26). The first-order valence-electron chi connectivity index (χ1n) is 8.93. The second-order valence-corrected chi connectivity index (χ2v) is 7.90. The minimum absolute atomic E-state index is 0.0927. The molecule has 0 aliphatic carbocycles. The van der Waals surface area contributed by atoms with Gasteiger partial charge in [-0.3, -0.25) is 4.79 Å². The van der Waals surface area contributed by atoms with Gasteiger partial charge < -0.3 is 10.0 Å². The summed E-state index contributed by atoms with van der Waals surface area (Å²) in [6.45, 7) is 4.47. The van der Waals surface area contributed by atoms with Crippen molar-refractivity contribution in [2.24, 2.45) is 0 Å². The van der Waals surface area contributed by atoms with Crippen molar-refractivity contribution in [3.63, 3.8) is 0 Å². The van der Waals surface area contributed by atoms with Crippen LogP contribution in [0.2, 0.25) is 0 Å². The zero-order valence-electron chi connectivity index (χ0n) is 15.1. The molecule has 0 bridgehead atoms. The summed E-state index contributed by atoms with van der Waals surface area (Å²) in [5, 5.41) is 16.5. The van der Waals surface area contributed by atoms with E-state index in [9.17, 15) is 14.7 Å². The summed E-state index contributed by atoms with van der Waals surface area (Å²) in [6, 6.07) is 4.98. The molecule has 1 fully saturated rings. The fraction of sp³-hybridized carbons (Fsp3) is 0.368. The van der Waals surface area contributed by atoms with Crippen LogP contribution in [0.5, 0.6) is 0 Å². The lowest BCUT2D eigenvalue weighted by Crippen LogP contribution is -2.40. The van der Waals surface area contributed by atoms with Crippen LogP contribution >= 0.6 is 11.3 Å². The van der Waals surface area contributed by atoms with Crippen LogP contribution in [0.4, 0.5) is 0 Å². The topological polar surface area (TPSA) is 88.3 Å². The van der Waals surface area contributed by atoms with Crippen LogP contribution in [0.15, 0.2) is 29.8 Å². The summed E-state index contributed by atoms with van der Waals surface area (Å²) in [4.78, 5) is 32.0. The van der Waals surface area contributed by atoms with E-state index in [2.05, 4.69) is 5.10 Å². The molecule has 4 heterocycles. The summed E-state index contributed by atoms with van der Waals surface area (Å²) in [6.07, 6.45) is 2.83. The molecule has 0 saturated carbocycles. The van der Waals surface area contributed by atoms with Crippen molar-refractivity contribution in [3.05, 3.63) is 35.3 Å². The number of aliphatic carboxylic acids is 1. The van der Waals surface area contributed by atoms with Gasteiger partial charge in [-0.25, -0.2) is 14.5 Å². The van der Waals surface area contributed by atoms with Crippen molar-refractivity contribution in [3.8, 4) is 10.6 Å². The summed E-state index contributed by atoms with van der Waals surface area (Å²) < 4.78 is 1.79. The minimum Gasteiger partial charge on any atom is -0.480 e.